The Hall–Kier alpha value is -4.57. The molecule has 0 aliphatic rings. The second-order valence-electron chi connectivity index (χ2n) is 6.39. The number of nitrogens with zero attached hydrogens (tertiary/aromatic N) is 3. The van der Waals surface area contributed by atoms with Crippen LogP contribution in [0.4, 0.5) is 11.4 Å². The molecule has 2 amide bonds. The molecule has 2 heterocycles. The fraction of sp³-hybridized carbons (Fsp3) is 0. The number of carbonyl (C=O) groups excluding carboxylic acids is 2. The Kier molecular flexibility index (Phi) is 5.14. The summed E-state index contributed by atoms with van der Waals surface area (Å²) in [7, 11) is 0. The van der Waals surface area contributed by atoms with E-state index in [9.17, 15) is 9.59 Å². The van der Waals surface area contributed by atoms with E-state index in [1.807, 2.05) is 30.3 Å². The van der Waals surface area contributed by atoms with Gasteiger partial charge in [-0.25, -0.2) is 4.98 Å². The lowest BCUT2D eigenvalue weighted by Gasteiger charge is -2.09. The number of hydrogen-bond donors (Lipinski definition) is 2. The first-order valence-corrected chi connectivity index (χ1v) is 9.08. The lowest BCUT2D eigenvalue weighted by molar-refractivity contribution is 0.101. The first-order chi connectivity index (χ1) is 14.6. The van der Waals surface area contributed by atoms with Gasteiger partial charge < -0.3 is 10.6 Å². The maximum absolute atomic E-state index is 12.7. The van der Waals surface area contributed by atoms with Gasteiger partial charge in [0.2, 0.25) is 0 Å². The molecule has 0 radical (unpaired) electrons. The number of fused-ring (bicyclic) bond motifs is 1. The van der Waals surface area contributed by atoms with Crippen molar-refractivity contribution in [1.82, 2.24) is 9.97 Å². The van der Waals surface area contributed by atoms with E-state index in [1.54, 1.807) is 42.6 Å². The summed E-state index contributed by atoms with van der Waals surface area (Å²) >= 11 is 0. The Morgan fingerprint density at radius 3 is 2.20 bits per heavy atom. The third-order valence-electron chi connectivity index (χ3n) is 4.37. The third-order valence-corrected chi connectivity index (χ3v) is 4.37. The molecule has 2 aromatic carbocycles. The number of nitriles is 1. The summed E-state index contributed by atoms with van der Waals surface area (Å²) in [6, 6.07) is 22.3. The Morgan fingerprint density at radius 2 is 1.47 bits per heavy atom. The molecular weight excluding hydrogens is 378 g/mol. The maximum Gasteiger partial charge on any atom is 0.274 e. The molecule has 2 N–H and O–H groups in total. The summed E-state index contributed by atoms with van der Waals surface area (Å²) in [5.74, 6) is -0.901. The summed E-state index contributed by atoms with van der Waals surface area (Å²) in [6.45, 7) is 0. The summed E-state index contributed by atoms with van der Waals surface area (Å²) in [4.78, 5) is 33.7. The highest BCUT2D eigenvalue weighted by Crippen LogP contribution is 2.21. The van der Waals surface area contributed by atoms with E-state index in [1.165, 1.54) is 12.1 Å². The van der Waals surface area contributed by atoms with E-state index in [0.29, 0.717) is 22.5 Å². The van der Waals surface area contributed by atoms with Gasteiger partial charge in [-0.2, -0.15) is 5.26 Å². The van der Waals surface area contributed by atoms with Crippen LogP contribution >= 0.6 is 0 Å². The second kappa shape index (κ2) is 8.20. The molecule has 4 rings (SSSR count). The third kappa shape index (κ3) is 3.98. The summed E-state index contributed by atoms with van der Waals surface area (Å²) in [5, 5.41) is 15.2. The summed E-state index contributed by atoms with van der Waals surface area (Å²) in [5.41, 5.74) is 2.46. The van der Waals surface area contributed by atoms with Gasteiger partial charge in [0, 0.05) is 17.3 Å². The molecule has 2 aromatic heterocycles. The number of para-hydroxylation sites is 1. The van der Waals surface area contributed by atoms with E-state index < -0.39 is 11.8 Å². The fourth-order valence-corrected chi connectivity index (χ4v) is 2.90. The van der Waals surface area contributed by atoms with Gasteiger partial charge in [-0.1, -0.05) is 24.3 Å². The minimum Gasteiger partial charge on any atom is -0.321 e. The van der Waals surface area contributed by atoms with Gasteiger partial charge in [0.1, 0.15) is 11.4 Å². The van der Waals surface area contributed by atoms with Gasteiger partial charge in [0.15, 0.2) is 0 Å². The predicted molar refractivity (Wildman–Crippen MR) is 113 cm³/mol. The molecule has 0 atom stereocenters. The largest absolute Gasteiger partial charge is 0.321 e. The van der Waals surface area contributed by atoms with E-state index >= 15 is 0 Å². The Morgan fingerprint density at radius 1 is 0.800 bits per heavy atom. The summed E-state index contributed by atoms with van der Waals surface area (Å²) in [6.07, 6.45) is 1.66. The molecule has 144 valence electrons. The zero-order chi connectivity index (χ0) is 20.9. The number of pyridine rings is 2. The second-order valence-corrected chi connectivity index (χ2v) is 6.39. The molecule has 0 aliphatic heterocycles. The van der Waals surface area contributed by atoms with Crippen LogP contribution in [0.5, 0.6) is 0 Å². The van der Waals surface area contributed by atoms with Crippen LogP contribution < -0.4 is 10.6 Å². The molecule has 0 bridgehead atoms. The number of carbonyl (C=O) groups is 2. The molecule has 0 unspecified atom stereocenters. The van der Waals surface area contributed by atoms with E-state index in [0.717, 1.165) is 5.39 Å². The molecule has 0 fully saturated rings. The molecule has 0 saturated carbocycles. The number of anilines is 2. The van der Waals surface area contributed by atoms with Gasteiger partial charge in [0.25, 0.3) is 11.8 Å². The topological polar surface area (TPSA) is 108 Å². The van der Waals surface area contributed by atoms with Crippen LogP contribution in [0.2, 0.25) is 0 Å². The van der Waals surface area contributed by atoms with Gasteiger partial charge >= 0.3 is 0 Å². The first kappa shape index (κ1) is 18.8. The normalized spacial score (nSPS) is 10.2. The Labute approximate surface area is 172 Å². The van der Waals surface area contributed by atoms with Crippen molar-refractivity contribution in [2.45, 2.75) is 0 Å². The number of rotatable bonds is 4. The van der Waals surface area contributed by atoms with Crippen LogP contribution in [0.15, 0.2) is 79.0 Å². The highest BCUT2D eigenvalue weighted by molar-refractivity contribution is 6.08. The Bertz CT molecular complexity index is 1290. The van der Waals surface area contributed by atoms with Crippen LogP contribution in [-0.4, -0.2) is 21.8 Å². The number of nitrogens with one attached hydrogen (secondary N) is 2. The average Bonchev–Trinajstić information content (AvgIpc) is 2.80. The number of aromatic nitrogens is 2. The molecule has 0 saturated heterocycles. The van der Waals surface area contributed by atoms with Gasteiger partial charge in [-0.3, -0.25) is 14.6 Å². The van der Waals surface area contributed by atoms with E-state index in [2.05, 4.69) is 20.6 Å². The minimum atomic E-state index is -0.457. The molecule has 0 spiro atoms. The first-order valence-electron chi connectivity index (χ1n) is 9.08. The maximum atomic E-state index is 12.7. The van der Waals surface area contributed by atoms with Crippen LogP contribution in [-0.2, 0) is 0 Å². The summed E-state index contributed by atoms with van der Waals surface area (Å²) < 4.78 is 0. The van der Waals surface area contributed by atoms with Crippen molar-refractivity contribution in [3.8, 4) is 6.07 Å². The van der Waals surface area contributed by atoms with Gasteiger partial charge in [-0.15, -0.1) is 0 Å². The molecular formula is C23H15N5O2. The Balaban J connectivity index is 1.52. The molecule has 0 aliphatic carbocycles. The van der Waals surface area contributed by atoms with Crippen molar-refractivity contribution < 1.29 is 9.59 Å². The van der Waals surface area contributed by atoms with Crippen molar-refractivity contribution in [1.29, 1.82) is 5.26 Å². The van der Waals surface area contributed by atoms with Crippen molar-refractivity contribution in [2.75, 3.05) is 10.6 Å². The van der Waals surface area contributed by atoms with Gasteiger partial charge in [0.05, 0.1) is 22.8 Å². The molecule has 7 nitrogen and oxygen atoms in total. The number of amides is 2. The monoisotopic (exact) mass is 393 g/mol. The number of benzene rings is 2. The van der Waals surface area contributed by atoms with Crippen LogP contribution in [0, 0.1) is 11.3 Å². The molecule has 4 aromatic rings. The zero-order valence-electron chi connectivity index (χ0n) is 15.7. The van der Waals surface area contributed by atoms with Gasteiger partial charge in [-0.05, 0) is 48.5 Å². The van der Waals surface area contributed by atoms with Crippen LogP contribution in [0.3, 0.4) is 0 Å². The standard InChI is InChI=1S/C23H15N5O2/c24-14-15-9-11-17(12-10-15)26-22(29)19-7-2-8-20(27-19)23(30)28-18-6-1-4-16-5-3-13-25-21(16)18/h1-13H,(H,26,29)(H,28,30). The van der Waals surface area contributed by atoms with Crippen LogP contribution in [0.1, 0.15) is 26.5 Å². The quantitative estimate of drug-likeness (QED) is 0.545. The van der Waals surface area contributed by atoms with E-state index in [4.69, 9.17) is 5.26 Å². The predicted octanol–water partition coefficient (Wildman–Crippen LogP) is 4.01. The molecule has 7 heteroatoms. The van der Waals surface area contributed by atoms with Crippen molar-refractivity contribution in [3.05, 3.63) is 95.9 Å². The highest BCUT2D eigenvalue weighted by atomic mass is 16.2. The zero-order valence-corrected chi connectivity index (χ0v) is 15.7. The van der Waals surface area contributed by atoms with Crippen molar-refractivity contribution in [3.63, 3.8) is 0 Å². The van der Waals surface area contributed by atoms with E-state index in [-0.39, 0.29) is 11.4 Å². The average molecular weight is 393 g/mol. The van der Waals surface area contributed by atoms with Crippen molar-refractivity contribution in [2.24, 2.45) is 0 Å². The fourth-order valence-electron chi connectivity index (χ4n) is 2.90. The lowest BCUT2D eigenvalue weighted by atomic mass is 10.2. The smallest absolute Gasteiger partial charge is 0.274 e. The SMILES string of the molecule is N#Cc1ccc(NC(=O)c2cccc(C(=O)Nc3cccc4cccnc34)n2)cc1. The number of hydrogen-bond acceptors (Lipinski definition) is 5. The van der Waals surface area contributed by atoms with Crippen molar-refractivity contribution >= 4 is 34.1 Å². The van der Waals surface area contributed by atoms with Crippen LogP contribution in [0.25, 0.3) is 10.9 Å². The minimum absolute atomic E-state index is 0.100. The highest BCUT2D eigenvalue weighted by Gasteiger charge is 2.14. The lowest BCUT2D eigenvalue weighted by Crippen LogP contribution is -2.18. The molecule has 30 heavy (non-hydrogen) atoms.